The number of alkyl halides is 3. The molecule has 0 unspecified atom stereocenters. The van der Waals surface area contributed by atoms with Gasteiger partial charge in [-0.05, 0) is 56.2 Å². The van der Waals surface area contributed by atoms with Gasteiger partial charge in [-0.2, -0.15) is 18.4 Å². The molecule has 0 saturated carbocycles. The third-order valence-corrected chi connectivity index (χ3v) is 5.49. The molecule has 178 valence electrons. The van der Waals surface area contributed by atoms with Gasteiger partial charge in [-0.1, -0.05) is 25.1 Å². The van der Waals surface area contributed by atoms with Crippen LogP contribution in [0.25, 0.3) is 0 Å². The number of hydrogen-bond donors (Lipinski definition) is 0. The number of carbonyl (C=O) groups excluding carboxylic acids is 2. The third kappa shape index (κ3) is 4.76. The predicted molar refractivity (Wildman–Crippen MR) is 120 cm³/mol. The number of benzene rings is 2. The first-order chi connectivity index (χ1) is 16.1. The zero-order valence-corrected chi connectivity index (χ0v) is 19.0. The van der Waals surface area contributed by atoms with Crippen LogP contribution in [0.1, 0.15) is 49.9 Å². The number of urea groups is 1. The van der Waals surface area contributed by atoms with E-state index < -0.39 is 29.8 Å². The summed E-state index contributed by atoms with van der Waals surface area (Å²) in [4.78, 5) is 29.3. The quantitative estimate of drug-likeness (QED) is 0.499. The van der Waals surface area contributed by atoms with Gasteiger partial charge in [-0.15, -0.1) is 0 Å². The van der Waals surface area contributed by atoms with E-state index in [1.54, 1.807) is 31.2 Å². The van der Waals surface area contributed by atoms with E-state index in [2.05, 4.69) is 0 Å². The summed E-state index contributed by atoms with van der Waals surface area (Å²) in [5.74, 6) is -0.667. The van der Waals surface area contributed by atoms with E-state index in [4.69, 9.17) is 10.00 Å². The van der Waals surface area contributed by atoms with E-state index in [-0.39, 0.29) is 30.1 Å². The van der Waals surface area contributed by atoms with E-state index in [0.29, 0.717) is 17.5 Å². The van der Waals surface area contributed by atoms with Crippen molar-refractivity contribution < 1.29 is 27.5 Å². The van der Waals surface area contributed by atoms with Crippen LogP contribution in [-0.4, -0.2) is 30.1 Å². The highest BCUT2D eigenvalue weighted by Gasteiger charge is 2.43. The fourth-order valence-electron chi connectivity index (χ4n) is 4.00. The van der Waals surface area contributed by atoms with Gasteiger partial charge in [0.1, 0.15) is 0 Å². The first kappa shape index (κ1) is 24.8. The average molecular weight is 471 g/mol. The normalized spacial score (nSPS) is 16.5. The predicted octanol–water partition coefficient (Wildman–Crippen LogP) is 5.81. The Balaban J connectivity index is 2.25. The van der Waals surface area contributed by atoms with Crippen molar-refractivity contribution in [1.29, 1.82) is 5.26 Å². The number of rotatable bonds is 6. The molecule has 0 bridgehead atoms. The summed E-state index contributed by atoms with van der Waals surface area (Å²) < 4.78 is 45.3. The van der Waals surface area contributed by atoms with Crippen molar-refractivity contribution in [2.45, 2.75) is 39.4 Å². The van der Waals surface area contributed by atoms with Crippen LogP contribution in [0.15, 0.2) is 59.8 Å². The van der Waals surface area contributed by atoms with Gasteiger partial charge >= 0.3 is 18.2 Å². The second-order valence-corrected chi connectivity index (χ2v) is 7.72. The number of ether oxygens (including phenoxy) is 1. The first-order valence-electron chi connectivity index (χ1n) is 10.8. The molecule has 0 aromatic heterocycles. The van der Waals surface area contributed by atoms with Crippen LogP contribution in [0.4, 0.5) is 23.7 Å². The summed E-state index contributed by atoms with van der Waals surface area (Å²) >= 11 is 0. The summed E-state index contributed by atoms with van der Waals surface area (Å²) in [5, 5.41) is 9.13. The molecule has 34 heavy (non-hydrogen) atoms. The van der Waals surface area contributed by atoms with Gasteiger partial charge in [0.2, 0.25) is 0 Å². The Morgan fingerprint density at radius 2 is 1.82 bits per heavy atom. The van der Waals surface area contributed by atoms with Crippen molar-refractivity contribution in [1.82, 2.24) is 4.90 Å². The molecule has 0 fully saturated rings. The highest BCUT2D eigenvalue weighted by molar-refractivity contribution is 6.03. The van der Waals surface area contributed by atoms with Gasteiger partial charge in [0.25, 0.3) is 0 Å². The minimum atomic E-state index is -4.59. The maximum atomic E-state index is 13.7. The van der Waals surface area contributed by atoms with E-state index in [0.717, 1.165) is 17.0 Å². The number of carbonyl (C=O) groups is 2. The average Bonchev–Trinajstić information content (AvgIpc) is 2.80. The molecule has 3 rings (SSSR count). The van der Waals surface area contributed by atoms with Gasteiger partial charge in [-0.3, -0.25) is 4.90 Å². The van der Waals surface area contributed by atoms with Gasteiger partial charge in [0, 0.05) is 12.2 Å². The van der Waals surface area contributed by atoms with Crippen LogP contribution in [0, 0.1) is 11.3 Å². The molecule has 0 saturated heterocycles. The monoisotopic (exact) mass is 471 g/mol. The molecule has 0 N–H and O–H groups in total. The Morgan fingerprint density at radius 3 is 2.38 bits per heavy atom. The maximum Gasteiger partial charge on any atom is 0.416 e. The molecule has 0 aliphatic carbocycles. The standard InChI is InChI=1S/C25H24F3N3O3/c1-4-13-30-22(18-11-9-17(15-29)10-12-18)21(23(32)34-5-2)16(3)31(24(30)33)20-8-6-7-19(14-20)25(26,27)28/h6-12,14,22H,4-5,13H2,1-3H3/t22-/m1/s1. The molecule has 2 amide bonds. The van der Waals surface area contributed by atoms with Crippen molar-refractivity contribution in [3.05, 3.63) is 76.5 Å². The summed E-state index contributed by atoms with van der Waals surface area (Å²) in [6.07, 6.45) is -4.05. The van der Waals surface area contributed by atoms with Crippen molar-refractivity contribution in [3.8, 4) is 6.07 Å². The Labute approximate surface area is 195 Å². The van der Waals surface area contributed by atoms with E-state index in [9.17, 15) is 22.8 Å². The maximum absolute atomic E-state index is 13.7. The topological polar surface area (TPSA) is 73.6 Å². The number of halogens is 3. The minimum absolute atomic E-state index is 0.00138. The number of esters is 1. The van der Waals surface area contributed by atoms with Crippen LogP contribution in [0.5, 0.6) is 0 Å². The van der Waals surface area contributed by atoms with Crippen LogP contribution in [0.2, 0.25) is 0 Å². The Bertz CT molecular complexity index is 1150. The number of nitrogens with zero attached hydrogens (tertiary/aromatic N) is 3. The molecule has 1 heterocycles. The SMILES string of the molecule is CCCN1C(=O)N(c2cccc(C(F)(F)F)c2)C(C)=C(C(=O)OCC)[C@H]1c1ccc(C#N)cc1. The number of amides is 2. The molecule has 0 radical (unpaired) electrons. The molecule has 2 aromatic rings. The van der Waals surface area contributed by atoms with Gasteiger partial charge in [-0.25, -0.2) is 9.59 Å². The van der Waals surface area contributed by atoms with Crippen LogP contribution in [-0.2, 0) is 15.7 Å². The lowest BCUT2D eigenvalue weighted by Gasteiger charge is -2.43. The summed E-state index contributed by atoms with van der Waals surface area (Å²) in [7, 11) is 0. The molecule has 2 aromatic carbocycles. The second-order valence-electron chi connectivity index (χ2n) is 7.72. The highest BCUT2D eigenvalue weighted by Crippen LogP contribution is 2.41. The van der Waals surface area contributed by atoms with Crippen molar-refractivity contribution in [3.63, 3.8) is 0 Å². The van der Waals surface area contributed by atoms with Crippen molar-refractivity contribution in [2.75, 3.05) is 18.1 Å². The molecular weight excluding hydrogens is 447 g/mol. The van der Waals surface area contributed by atoms with Gasteiger partial charge in [0.15, 0.2) is 0 Å². The van der Waals surface area contributed by atoms with E-state index in [1.807, 2.05) is 13.0 Å². The van der Waals surface area contributed by atoms with Crippen molar-refractivity contribution >= 4 is 17.7 Å². The summed E-state index contributed by atoms with van der Waals surface area (Å²) in [5.41, 5.74) is 0.434. The second kappa shape index (κ2) is 10.00. The molecule has 9 heteroatoms. The van der Waals surface area contributed by atoms with Crippen LogP contribution >= 0.6 is 0 Å². The summed E-state index contributed by atoms with van der Waals surface area (Å²) in [6, 6.07) is 11.6. The Kier molecular flexibility index (Phi) is 7.30. The lowest BCUT2D eigenvalue weighted by atomic mass is 9.92. The van der Waals surface area contributed by atoms with Crippen molar-refractivity contribution in [2.24, 2.45) is 0 Å². The number of nitriles is 1. The molecule has 1 aliphatic heterocycles. The molecule has 1 aliphatic rings. The molecular formula is C25H24F3N3O3. The molecule has 0 spiro atoms. The Morgan fingerprint density at radius 1 is 1.15 bits per heavy atom. The van der Waals surface area contributed by atoms with Crippen LogP contribution in [0.3, 0.4) is 0 Å². The third-order valence-electron chi connectivity index (χ3n) is 5.49. The smallest absolute Gasteiger partial charge is 0.416 e. The zero-order valence-electron chi connectivity index (χ0n) is 19.0. The molecule has 6 nitrogen and oxygen atoms in total. The number of allylic oxidation sites excluding steroid dienone is 1. The Hall–Kier alpha value is -3.80. The number of hydrogen-bond acceptors (Lipinski definition) is 4. The minimum Gasteiger partial charge on any atom is -0.463 e. The lowest BCUT2D eigenvalue weighted by Crippen LogP contribution is -2.51. The largest absolute Gasteiger partial charge is 0.463 e. The fourth-order valence-corrected chi connectivity index (χ4v) is 4.00. The highest BCUT2D eigenvalue weighted by atomic mass is 19.4. The number of anilines is 1. The van der Waals surface area contributed by atoms with E-state index in [1.165, 1.54) is 24.0 Å². The fraction of sp³-hybridized carbons (Fsp3) is 0.320. The van der Waals surface area contributed by atoms with Gasteiger partial charge < -0.3 is 9.64 Å². The lowest BCUT2D eigenvalue weighted by molar-refractivity contribution is -0.139. The first-order valence-corrected chi connectivity index (χ1v) is 10.8. The van der Waals surface area contributed by atoms with E-state index >= 15 is 0 Å². The van der Waals surface area contributed by atoms with Crippen LogP contribution < -0.4 is 4.90 Å². The summed E-state index contributed by atoms with van der Waals surface area (Å²) in [6.45, 7) is 5.35. The molecule has 1 atom stereocenters. The van der Waals surface area contributed by atoms with Gasteiger partial charge in [0.05, 0.1) is 41.1 Å². The zero-order chi connectivity index (χ0) is 25.0.